The Bertz CT molecular complexity index is 1370. The fraction of sp³-hybridized carbons (Fsp3) is 0.333. The number of benzene rings is 2. The van der Waals surface area contributed by atoms with Crippen molar-refractivity contribution in [1.29, 1.82) is 0 Å². The van der Waals surface area contributed by atoms with E-state index in [1.165, 1.54) is 0 Å². The Kier molecular flexibility index (Phi) is 6.61. The maximum atomic E-state index is 14.7. The quantitative estimate of drug-likeness (QED) is 0.373. The summed E-state index contributed by atoms with van der Waals surface area (Å²) in [6.07, 6.45) is -2.87. The van der Waals surface area contributed by atoms with Gasteiger partial charge in [-0.3, -0.25) is 4.57 Å². The first-order valence-electron chi connectivity index (χ1n) is 11.3. The van der Waals surface area contributed by atoms with Gasteiger partial charge < -0.3 is 19.1 Å². The summed E-state index contributed by atoms with van der Waals surface area (Å²) < 4.78 is 82.5. The van der Waals surface area contributed by atoms with Crippen LogP contribution in [0, 0.1) is 17.6 Å². The molecule has 0 spiro atoms. The van der Waals surface area contributed by atoms with Crippen LogP contribution in [0.5, 0.6) is 23.1 Å². The van der Waals surface area contributed by atoms with Crippen molar-refractivity contribution in [1.82, 2.24) is 9.55 Å². The van der Waals surface area contributed by atoms with Crippen LogP contribution in [0.4, 0.5) is 27.8 Å². The Labute approximate surface area is 211 Å². The van der Waals surface area contributed by atoms with Crippen molar-refractivity contribution in [3.05, 3.63) is 69.1 Å². The SMILES string of the molecule is O=c1nc(OCc2cc(F)c(Oc3ccc(OC(F)(F)F)c(Cl)c3)c(F)c2)cc2n1CC1CCCN2C1. The van der Waals surface area contributed by atoms with Crippen LogP contribution in [0.1, 0.15) is 18.4 Å². The summed E-state index contributed by atoms with van der Waals surface area (Å²) >= 11 is 5.75. The van der Waals surface area contributed by atoms with Gasteiger partial charge in [-0.05, 0) is 48.6 Å². The number of halogens is 6. The van der Waals surface area contributed by atoms with E-state index in [4.69, 9.17) is 21.1 Å². The Morgan fingerprint density at radius 1 is 1.08 bits per heavy atom. The van der Waals surface area contributed by atoms with Crippen LogP contribution in [0.3, 0.4) is 0 Å². The van der Waals surface area contributed by atoms with Crippen LogP contribution in [-0.2, 0) is 13.2 Å². The predicted octanol–water partition coefficient (Wildman–Crippen LogP) is 5.67. The number of piperidine rings is 1. The maximum absolute atomic E-state index is 14.7. The summed E-state index contributed by atoms with van der Waals surface area (Å²) in [4.78, 5) is 18.5. The number of rotatable bonds is 6. The molecule has 0 aliphatic carbocycles. The molecule has 7 nitrogen and oxygen atoms in total. The van der Waals surface area contributed by atoms with Gasteiger partial charge in [0.1, 0.15) is 23.9 Å². The van der Waals surface area contributed by atoms with Crippen LogP contribution in [-0.4, -0.2) is 29.0 Å². The molecule has 2 aromatic carbocycles. The van der Waals surface area contributed by atoms with Crippen LogP contribution in [0.15, 0.2) is 41.2 Å². The van der Waals surface area contributed by atoms with Gasteiger partial charge in [-0.15, -0.1) is 13.2 Å². The van der Waals surface area contributed by atoms with Crippen molar-refractivity contribution in [2.24, 2.45) is 5.92 Å². The van der Waals surface area contributed by atoms with Gasteiger partial charge in [-0.25, -0.2) is 13.6 Å². The van der Waals surface area contributed by atoms with E-state index >= 15 is 0 Å². The number of hydrogen-bond donors (Lipinski definition) is 0. The largest absolute Gasteiger partial charge is 0.573 e. The second kappa shape index (κ2) is 9.73. The van der Waals surface area contributed by atoms with E-state index < -0.39 is 40.2 Å². The highest BCUT2D eigenvalue weighted by Crippen LogP contribution is 2.36. The molecule has 0 radical (unpaired) electrons. The number of ether oxygens (including phenoxy) is 3. The van der Waals surface area contributed by atoms with E-state index in [0.29, 0.717) is 18.3 Å². The molecular weight excluding hydrogens is 525 g/mol. The third-order valence-electron chi connectivity index (χ3n) is 6.04. The molecule has 1 atom stereocenters. The molecule has 0 N–H and O–H groups in total. The highest BCUT2D eigenvalue weighted by Gasteiger charge is 2.32. The molecule has 196 valence electrons. The van der Waals surface area contributed by atoms with E-state index in [-0.39, 0.29) is 23.8 Å². The molecule has 3 heterocycles. The summed E-state index contributed by atoms with van der Waals surface area (Å²) in [6.45, 7) is 1.99. The summed E-state index contributed by atoms with van der Waals surface area (Å²) in [6, 6.07) is 6.41. The lowest BCUT2D eigenvalue weighted by atomic mass is 9.96. The summed E-state index contributed by atoms with van der Waals surface area (Å²) in [5, 5.41) is -0.464. The number of hydrogen-bond acceptors (Lipinski definition) is 6. The number of alkyl halides is 3. The molecule has 0 amide bonds. The van der Waals surface area contributed by atoms with E-state index in [1.807, 2.05) is 0 Å². The topological polar surface area (TPSA) is 65.8 Å². The lowest BCUT2D eigenvalue weighted by Crippen LogP contribution is -2.46. The van der Waals surface area contributed by atoms with Crippen molar-refractivity contribution >= 4 is 17.4 Å². The first-order chi connectivity index (χ1) is 17.6. The third-order valence-corrected chi connectivity index (χ3v) is 6.34. The van der Waals surface area contributed by atoms with Crippen molar-refractivity contribution in [2.45, 2.75) is 32.4 Å². The minimum atomic E-state index is -4.96. The van der Waals surface area contributed by atoms with E-state index in [2.05, 4.69) is 14.6 Å². The average Bonchev–Trinajstić information content (AvgIpc) is 2.82. The van der Waals surface area contributed by atoms with E-state index in [9.17, 15) is 26.7 Å². The molecule has 3 aromatic rings. The van der Waals surface area contributed by atoms with E-state index in [0.717, 1.165) is 56.3 Å². The smallest absolute Gasteiger partial charge is 0.473 e. The van der Waals surface area contributed by atoms with Gasteiger partial charge in [0.05, 0.1) is 5.02 Å². The Morgan fingerprint density at radius 2 is 1.84 bits per heavy atom. The fourth-order valence-corrected chi connectivity index (χ4v) is 4.69. The Balaban J connectivity index is 1.29. The Morgan fingerprint density at radius 3 is 2.54 bits per heavy atom. The molecule has 2 bridgehead atoms. The molecule has 2 aliphatic heterocycles. The van der Waals surface area contributed by atoms with Crippen molar-refractivity contribution < 1.29 is 36.2 Å². The molecule has 1 aromatic heterocycles. The minimum Gasteiger partial charge on any atom is -0.473 e. The second-order valence-electron chi connectivity index (χ2n) is 8.72. The average molecular weight is 544 g/mol. The van der Waals surface area contributed by atoms with Gasteiger partial charge in [-0.1, -0.05) is 11.6 Å². The first kappa shape index (κ1) is 25.1. The number of anilines is 1. The molecule has 5 rings (SSSR count). The molecule has 37 heavy (non-hydrogen) atoms. The summed E-state index contributed by atoms with van der Waals surface area (Å²) in [5.74, 6) is -2.69. The molecular formula is C24H19ClF5N3O4. The monoisotopic (exact) mass is 543 g/mol. The van der Waals surface area contributed by atoms with Gasteiger partial charge in [0.2, 0.25) is 5.88 Å². The highest BCUT2D eigenvalue weighted by molar-refractivity contribution is 6.32. The van der Waals surface area contributed by atoms with Crippen molar-refractivity contribution in [3.63, 3.8) is 0 Å². The predicted molar refractivity (Wildman–Crippen MR) is 122 cm³/mol. The molecule has 1 saturated heterocycles. The standard InChI is InChI=1S/C24H19ClF5N3O4/c25-16-8-15(3-4-19(16)37-24(28,29)30)36-22-17(26)6-14(7-18(22)27)12-35-20-9-21-32-5-1-2-13(10-32)11-33(21)23(34)31-20/h3-4,6-9,13H,1-2,5,10-12H2. The Hall–Kier alpha value is -3.54. The zero-order chi connectivity index (χ0) is 26.3. The van der Waals surface area contributed by atoms with Crippen LogP contribution in [0.2, 0.25) is 5.02 Å². The van der Waals surface area contributed by atoms with Gasteiger partial charge in [-0.2, -0.15) is 4.98 Å². The van der Waals surface area contributed by atoms with Gasteiger partial charge in [0.25, 0.3) is 0 Å². The first-order valence-corrected chi connectivity index (χ1v) is 11.6. The number of fused-ring (bicyclic) bond motifs is 4. The highest BCUT2D eigenvalue weighted by atomic mass is 35.5. The van der Waals surface area contributed by atoms with Crippen LogP contribution < -0.4 is 24.8 Å². The molecule has 13 heteroatoms. The van der Waals surface area contributed by atoms with E-state index in [1.54, 1.807) is 10.6 Å². The lowest BCUT2D eigenvalue weighted by molar-refractivity contribution is -0.274. The summed E-state index contributed by atoms with van der Waals surface area (Å²) in [7, 11) is 0. The maximum Gasteiger partial charge on any atom is 0.573 e. The van der Waals surface area contributed by atoms with Gasteiger partial charge >= 0.3 is 12.1 Å². The third kappa shape index (κ3) is 5.58. The van der Waals surface area contributed by atoms with Gasteiger partial charge in [0.15, 0.2) is 17.4 Å². The molecule has 1 fully saturated rings. The normalized spacial score (nSPS) is 16.8. The number of nitrogens with zero attached hydrogens (tertiary/aromatic N) is 3. The lowest BCUT2D eigenvalue weighted by Gasteiger charge is -2.40. The van der Waals surface area contributed by atoms with Crippen molar-refractivity contribution in [2.75, 3.05) is 18.0 Å². The number of aromatic nitrogens is 2. The zero-order valence-corrected chi connectivity index (χ0v) is 19.8. The van der Waals surface area contributed by atoms with Crippen LogP contribution in [0.25, 0.3) is 0 Å². The molecule has 2 aliphatic rings. The summed E-state index contributed by atoms with van der Waals surface area (Å²) in [5.41, 5.74) is -0.345. The zero-order valence-electron chi connectivity index (χ0n) is 19.0. The molecule has 0 saturated carbocycles. The second-order valence-corrected chi connectivity index (χ2v) is 9.13. The van der Waals surface area contributed by atoms with Crippen LogP contribution >= 0.6 is 11.6 Å². The molecule has 1 unspecified atom stereocenters. The minimum absolute atomic E-state index is 0.0391. The van der Waals surface area contributed by atoms with Gasteiger partial charge in [0, 0.05) is 31.8 Å². The van der Waals surface area contributed by atoms with Crippen molar-refractivity contribution in [3.8, 4) is 23.1 Å². The fourth-order valence-electron chi connectivity index (χ4n) is 4.48.